The van der Waals surface area contributed by atoms with Gasteiger partial charge in [0.1, 0.15) is 18.1 Å². The quantitative estimate of drug-likeness (QED) is 0.814. The summed E-state index contributed by atoms with van der Waals surface area (Å²) in [6.45, 7) is 13.2. The van der Waals surface area contributed by atoms with Crippen molar-refractivity contribution >= 4 is 0 Å². The Hall–Kier alpha value is -0.800. The fraction of sp³-hybridized carbons (Fsp3) is 0.765. The van der Waals surface area contributed by atoms with Gasteiger partial charge in [0.05, 0.1) is 6.04 Å². The number of nitrogens with one attached hydrogen (secondary N) is 1. The van der Waals surface area contributed by atoms with Gasteiger partial charge in [-0.25, -0.2) is 0 Å². The molecule has 0 amide bonds. The molecule has 1 unspecified atom stereocenters. The van der Waals surface area contributed by atoms with Crippen LogP contribution in [0.15, 0.2) is 16.5 Å². The molecule has 1 N–H and O–H groups in total. The molecule has 114 valence electrons. The van der Waals surface area contributed by atoms with Crippen molar-refractivity contribution in [3.8, 4) is 0 Å². The molecule has 0 bridgehead atoms. The van der Waals surface area contributed by atoms with Crippen molar-refractivity contribution in [3.05, 3.63) is 23.7 Å². The number of rotatable bonds is 7. The number of hydrogen-bond donors (Lipinski definition) is 1. The fourth-order valence-electron chi connectivity index (χ4n) is 3.54. The van der Waals surface area contributed by atoms with E-state index in [1.807, 2.05) is 6.07 Å². The molecule has 1 saturated carbocycles. The molecule has 1 heterocycles. The van der Waals surface area contributed by atoms with Gasteiger partial charge in [0.25, 0.3) is 0 Å². The van der Waals surface area contributed by atoms with Gasteiger partial charge in [-0.2, -0.15) is 0 Å². The summed E-state index contributed by atoms with van der Waals surface area (Å²) in [6, 6.07) is 4.43. The molecule has 20 heavy (non-hydrogen) atoms. The van der Waals surface area contributed by atoms with Crippen LogP contribution in [0.1, 0.15) is 58.6 Å². The molecule has 0 aromatic carbocycles. The van der Waals surface area contributed by atoms with Gasteiger partial charge in [-0.3, -0.25) is 0 Å². The highest BCUT2D eigenvalue weighted by Gasteiger charge is 2.67. The first-order valence-electron chi connectivity index (χ1n) is 7.67. The molecule has 2 rings (SSSR count). The topological polar surface area (TPSA) is 34.4 Å². The lowest BCUT2D eigenvalue weighted by Gasteiger charge is -2.18. The van der Waals surface area contributed by atoms with Gasteiger partial charge in [0.15, 0.2) is 0 Å². The Morgan fingerprint density at radius 3 is 2.40 bits per heavy atom. The Morgan fingerprint density at radius 2 is 1.90 bits per heavy atom. The van der Waals surface area contributed by atoms with Crippen molar-refractivity contribution in [1.29, 1.82) is 0 Å². The third-order valence-corrected chi connectivity index (χ3v) is 5.36. The summed E-state index contributed by atoms with van der Waals surface area (Å²) in [5, 5.41) is 3.68. The van der Waals surface area contributed by atoms with Gasteiger partial charge in [-0.15, -0.1) is 0 Å². The van der Waals surface area contributed by atoms with Crippen LogP contribution < -0.4 is 5.32 Å². The van der Waals surface area contributed by atoms with Gasteiger partial charge in [0.2, 0.25) is 0 Å². The first kappa shape index (κ1) is 15.6. The summed E-state index contributed by atoms with van der Waals surface area (Å²) in [5.41, 5.74) is 0.680. The van der Waals surface area contributed by atoms with Gasteiger partial charge in [-0.1, -0.05) is 34.6 Å². The maximum atomic E-state index is 5.98. The number of ether oxygens (including phenoxy) is 1. The maximum Gasteiger partial charge on any atom is 0.129 e. The molecular weight excluding hydrogens is 250 g/mol. The van der Waals surface area contributed by atoms with Crippen molar-refractivity contribution in [1.82, 2.24) is 5.32 Å². The van der Waals surface area contributed by atoms with Crippen LogP contribution in [-0.4, -0.2) is 13.7 Å². The third kappa shape index (κ3) is 2.53. The van der Waals surface area contributed by atoms with Crippen molar-refractivity contribution in [2.75, 3.05) is 13.7 Å². The van der Waals surface area contributed by atoms with Gasteiger partial charge >= 0.3 is 0 Å². The van der Waals surface area contributed by atoms with E-state index in [0.717, 1.165) is 24.5 Å². The number of furan rings is 1. The van der Waals surface area contributed by atoms with Crippen LogP contribution in [0.25, 0.3) is 0 Å². The Labute approximate surface area is 123 Å². The van der Waals surface area contributed by atoms with Crippen LogP contribution in [0.3, 0.4) is 0 Å². The van der Waals surface area contributed by atoms with Crippen LogP contribution in [0.4, 0.5) is 0 Å². The Bertz CT molecular complexity index is 434. The fourth-order valence-corrected chi connectivity index (χ4v) is 3.54. The van der Waals surface area contributed by atoms with Crippen LogP contribution in [0.2, 0.25) is 0 Å². The summed E-state index contributed by atoms with van der Waals surface area (Å²) in [5.74, 6) is 2.55. The zero-order valence-electron chi connectivity index (χ0n) is 13.7. The maximum absolute atomic E-state index is 5.98. The van der Waals surface area contributed by atoms with E-state index in [1.165, 1.54) is 0 Å². The summed E-state index contributed by atoms with van der Waals surface area (Å²) >= 11 is 0. The van der Waals surface area contributed by atoms with Crippen LogP contribution >= 0.6 is 0 Å². The Morgan fingerprint density at radius 1 is 1.25 bits per heavy atom. The van der Waals surface area contributed by atoms with E-state index in [9.17, 15) is 0 Å². The van der Waals surface area contributed by atoms with E-state index in [2.05, 4.69) is 46.0 Å². The number of hydrogen-bond acceptors (Lipinski definition) is 3. The standard InChI is InChI=1S/C17H29NO2/c1-7-10-18-14(15-16(2,3)17(15,4)5)13-9-8-12(20-13)11-19-6/h8-9,14-15,18H,7,10-11H2,1-6H3. The van der Waals surface area contributed by atoms with E-state index >= 15 is 0 Å². The molecular formula is C17H29NO2. The van der Waals surface area contributed by atoms with Gasteiger partial charge in [-0.05, 0) is 41.8 Å². The molecule has 0 spiro atoms. The zero-order chi connectivity index (χ0) is 15.0. The predicted molar refractivity (Wildman–Crippen MR) is 81.5 cm³/mol. The van der Waals surface area contributed by atoms with Gasteiger partial charge < -0.3 is 14.5 Å². The normalized spacial score (nSPS) is 21.9. The van der Waals surface area contributed by atoms with Gasteiger partial charge in [0, 0.05) is 7.11 Å². The summed E-state index contributed by atoms with van der Waals surface area (Å²) in [4.78, 5) is 0. The zero-order valence-corrected chi connectivity index (χ0v) is 13.7. The van der Waals surface area contributed by atoms with E-state index in [0.29, 0.717) is 29.4 Å². The van der Waals surface area contributed by atoms with Crippen molar-refractivity contribution in [2.45, 2.75) is 53.7 Å². The average Bonchev–Trinajstić information content (AvgIpc) is 2.73. The van der Waals surface area contributed by atoms with Crippen molar-refractivity contribution in [3.63, 3.8) is 0 Å². The number of methoxy groups -OCH3 is 1. The summed E-state index contributed by atoms with van der Waals surface area (Å²) in [6.07, 6.45) is 1.13. The first-order chi connectivity index (χ1) is 9.36. The molecule has 1 aromatic heterocycles. The molecule has 1 aromatic rings. The molecule has 0 radical (unpaired) electrons. The lowest BCUT2D eigenvalue weighted by Crippen LogP contribution is -2.25. The second-order valence-electron chi connectivity index (χ2n) is 7.09. The smallest absolute Gasteiger partial charge is 0.129 e. The molecule has 0 saturated heterocycles. The Balaban J connectivity index is 2.20. The molecule has 3 nitrogen and oxygen atoms in total. The summed E-state index contributed by atoms with van der Waals surface area (Å²) < 4.78 is 11.1. The second-order valence-corrected chi connectivity index (χ2v) is 7.09. The monoisotopic (exact) mass is 279 g/mol. The minimum atomic E-state index is 0.297. The highest BCUT2D eigenvalue weighted by molar-refractivity contribution is 5.22. The molecule has 1 aliphatic rings. The second kappa shape index (κ2) is 5.53. The third-order valence-electron chi connectivity index (χ3n) is 5.36. The van der Waals surface area contributed by atoms with Crippen LogP contribution in [0.5, 0.6) is 0 Å². The van der Waals surface area contributed by atoms with E-state index in [-0.39, 0.29) is 0 Å². The average molecular weight is 279 g/mol. The SMILES string of the molecule is CCCNC(c1ccc(COC)o1)C1C(C)(C)C1(C)C. The minimum Gasteiger partial charge on any atom is -0.462 e. The van der Waals surface area contributed by atoms with E-state index in [1.54, 1.807) is 7.11 Å². The Kier molecular flexibility index (Phi) is 4.31. The molecule has 1 fully saturated rings. The summed E-state index contributed by atoms with van der Waals surface area (Å²) in [7, 11) is 1.70. The molecule has 1 atom stereocenters. The first-order valence-corrected chi connectivity index (χ1v) is 7.67. The molecule has 3 heteroatoms. The van der Waals surface area contributed by atoms with Crippen molar-refractivity contribution in [2.24, 2.45) is 16.7 Å². The lowest BCUT2D eigenvalue weighted by atomic mass is 10.0. The largest absolute Gasteiger partial charge is 0.462 e. The highest BCUT2D eigenvalue weighted by Crippen LogP contribution is 2.72. The highest BCUT2D eigenvalue weighted by atomic mass is 16.5. The van der Waals surface area contributed by atoms with Crippen LogP contribution in [-0.2, 0) is 11.3 Å². The van der Waals surface area contributed by atoms with Crippen molar-refractivity contribution < 1.29 is 9.15 Å². The molecule has 1 aliphatic carbocycles. The minimum absolute atomic E-state index is 0.297. The predicted octanol–water partition coefficient (Wildman–Crippen LogP) is 4.15. The van der Waals surface area contributed by atoms with E-state index < -0.39 is 0 Å². The lowest BCUT2D eigenvalue weighted by molar-refractivity contribution is 0.160. The molecule has 0 aliphatic heterocycles. The van der Waals surface area contributed by atoms with Crippen LogP contribution in [0, 0.1) is 16.7 Å². The van der Waals surface area contributed by atoms with E-state index in [4.69, 9.17) is 9.15 Å².